The van der Waals surface area contributed by atoms with Crippen molar-refractivity contribution in [2.75, 3.05) is 13.2 Å². The maximum atomic E-state index is 13.0. The van der Waals surface area contributed by atoms with E-state index in [-0.39, 0.29) is 11.8 Å². The van der Waals surface area contributed by atoms with Gasteiger partial charge in [-0.3, -0.25) is 9.48 Å². The maximum Gasteiger partial charge on any atom is 0.228 e. The molecule has 1 fully saturated rings. The van der Waals surface area contributed by atoms with E-state index in [1.807, 2.05) is 28.8 Å². The molecule has 1 aliphatic heterocycles. The summed E-state index contributed by atoms with van der Waals surface area (Å²) in [6, 6.07) is 3.77. The normalized spacial score (nSPS) is 19.6. The Kier molecular flexibility index (Phi) is 4.14. The number of carbonyl (C=O) groups is 1. The fourth-order valence-corrected chi connectivity index (χ4v) is 3.80. The van der Waals surface area contributed by atoms with Gasteiger partial charge in [-0.1, -0.05) is 0 Å². The number of ether oxygens (including phenoxy) is 1. The van der Waals surface area contributed by atoms with Gasteiger partial charge in [0.05, 0.1) is 37.6 Å². The molecule has 24 heavy (non-hydrogen) atoms. The largest absolute Gasteiger partial charge is 0.467 e. The highest BCUT2D eigenvalue weighted by molar-refractivity contribution is 5.79. The fourth-order valence-electron chi connectivity index (χ4n) is 3.80. The van der Waals surface area contributed by atoms with Gasteiger partial charge in [-0.05, 0) is 43.4 Å². The molecule has 0 saturated carbocycles. The summed E-state index contributed by atoms with van der Waals surface area (Å²) in [5.74, 6) is 0.896. The Morgan fingerprint density at radius 1 is 1.42 bits per heavy atom. The van der Waals surface area contributed by atoms with Crippen molar-refractivity contribution in [2.45, 2.75) is 38.8 Å². The second kappa shape index (κ2) is 6.43. The number of amides is 1. The van der Waals surface area contributed by atoms with Crippen molar-refractivity contribution in [1.29, 1.82) is 0 Å². The molecule has 0 N–H and O–H groups in total. The molecule has 3 heterocycles. The molecule has 0 bridgehead atoms. The Bertz CT molecular complexity index is 714. The minimum absolute atomic E-state index is 0.0447. The molecular weight excluding hydrogens is 306 g/mol. The van der Waals surface area contributed by atoms with E-state index in [1.54, 1.807) is 6.26 Å². The summed E-state index contributed by atoms with van der Waals surface area (Å²) in [5.41, 5.74) is 3.68. The summed E-state index contributed by atoms with van der Waals surface area (Å²) in [6.07, 6.45) is 5.77. The van der Waals surface area contributed by atoms with E-state index in [4.69, 9.17) is 9.15 Å². The lowest BCUT2D eigenvalue weighted by Gasteiger charge is -2.24. The van der Waals surface area contributed by atoms with Gasteiger partial charge in [-0.15, -0.1) is 0 Å². The minimum atomic E-state index is -0.0447. The molecule has 128 valence electrons. The predicted octanol–water partition coefficient (Wildman–Crippen LogP) is 2.07. The molecule has 6 nitrogen and oxygen atoms in total. The first-order valence-electron chi connectivity index (χ1n) is 8.65. The van der Waals surface area contributed by atoms with Gasteiger partial charge in [0.25, 0.3) is 0 Å². The van der Waals surface area contributed by atoms with Gasteiger partial charge < -0.3 is 14.1 Å². The Labute approximate surface area is 141 Å². The number of carbonyl (C=O) groups excluding carboxylic acids is 1. The minimum Gasteiger partial charge on any atom is -0.467 e. The molecule has 6 heteroatoms. The molecule has 0 radical (unpaired) electrons. The topological polar surface area (TPSA) is 60.5 Å². The van der Waals surface area contributed by atoms with Crippen LogP contribution in [0.15, 0.2) is 22.8 Å². The summed E-state index contributed by atoms with van der Waals surface area (Å²) < 4.78 is 12.8. The summed E-state index contributed by atoms with van der Waals surface area (Å²) in [7, 11) is 2.00. The van der Waals surface area contributed by atoms with E-state index >= 15 is 0 Å². The quantitative estimate of drug-likeness (QED) is 0.842. The van der Waals surface area contributed by atoms with Crippen molar-refractivity contribution >= 4 is 5.91 Å². The number of nitrogens with zero attached hydrogens (tertiary/aromatic N) is 3. The number of hydrogen-bond donors (Lipinski definition) is 0. The van der Waals surface area contributed by atoms with E-state index in [0.717, 1.165) is 30.7 Å². The van der Waals surface area contributed by atoms with Crippen LogP contribution >= 0.6 is 0 Å². The van der Waals surface area contributed by atoms with Crippen LogP contribution in [0.3, 0.4) is 0 Å². The molecule has 1 unspecified atom stereocenters. The van der Waals surface area contributed by atoms with Crippen molar-refractivity contribution in [3.05, 3.63) is 41.1 Å². The van der Waals surface area contributed by atoms with Gasteiger partial charge in [0.2, 0.25) is 5.91 Å². The number of aromatic nitrogens is 2. The third-order valence-electron chi connectivity index (χ3n) is 5.06. The third kappa shape index (κ3) is 2.86. The van der Waals surface area contributed by atoms with Crippen LogP contribution in [0.5, 0.6) is 0 Å². The Morgan fingerprint density at radius 2 is 2.33 bits per heavy atom. The zero-order chi connectivity index (χ0) is 16.5. The summed E-state index contributed by atoms with van der Waals surface area (Å²) in [5, 5.41) is 4.67. The van der Waals surface area contributed by atoms with Crippen LogP contribution in [0.1, 0.15) is 35.6 Å². The second-order valence-electron chi connectivity index (χ2n) is 6.68. The van der Waals surface area contributed by atoms with Gasteiger partial charge in [0.1, 0.15) is 5.76 Å². The number of fused-ring (bicyclic) bond motifs is 1. The molecule has 0 spiro atoms. The Balaban J connectivity index is 1.57. The van der Waals surface area contributed by atoms with E-state index in [1.165, 1.54) is 17.7 Å². The highest BCUT2D eigenvalue weighted by Gasteiger charge is 2.30. The molecule has 1 aliphatic carbocycles. The number of furan rings is 1. The van der Waals surface area contributed by atoms with E-state index in [9.17, 15) is 4.79 Å². The highest BCUT2D eigenvalue weighted by atomic mass is 16.5. The van der Waals surface area contributed by atoms with Gasteiger partial charge in [-0.25, -0.2) is 0 Å². The summed E-state index contributed by atoms with van der Waals surface area (Å²) in [4.78, 5) is 14.8. The lowest BCUT2D eigenvalue weighted by atomic mass is 10.1. The van der Waals surface area contributed by atoms with Crippen LogP contribution in [0.2, 0.25) is 0 Å². The molecule has 2 aromatic heterocycles. The Hall–Kier alpha value is -2.08. The molecule has 1 atom stereocenters. The molecule has 2 aromatic rings. The Morgan fingerprint density at radius 3 is 3.08 bits per heavy atom. The first kappa shape index (κ1) is 15.4. The van der Waals surface area contributed by atoms with Crippen LogP contribution in [0.4, 0.5) is 0 Å². The lowest BCUT2D eigenvalue weighted by molar-refractivity contribution is -0.137. The van der Waals surface area contributed by atoms with E-state index in [0.29, 0.717) is 26.3 Å². The fraction of sp³-hybridized carbons (Fsp3) is 0.556. The molecular formula is C18H23N3O3. The first-order chi connectivity index (χ1) is 11.7. The molecule has 0 aromatic carbocycles. The maximum absolute atomic E-state index is 13.0. The van der Waals surface area contributed by atoms with Crippen LogP contribution in [0.25, 0.3) is 0 Å². The van der Waals surface area contributed by atoms with Crippen molar-refractivity contribution in [3.63, 3.8) is 0 Å². The smallest absolute Gasteiger partial charge is 0.228 e. The van der Waals surface area contributed by atoms with Crippen molar-refractivity contribution in [2.24, 2.45) is 13.0 Å². The van der Waals surface area contributed by atoms with E-state index < -0.39 is 0 Å². The monoisotopic (exact) mass is 329 g/mol. The SMILES string of the molecule is Cn1nc(CN(Cc2ccco2)C(=O)C2CCOC2)c2c1CCC2. The number of rotatable bonds is 5. The third-order valence-corrected chi connectivity index (χ3v) is 5.06. The zero-order valence-electron chi connectivity index (χ0n) is 14.0. The van der Waals surface area contributed by atoms with Gasteiger partial charge in [-0.2, -0.15) is 5.10 Å². The van der Waals surface area contributed by atoms with Crippen LogP contribution in [0, 0.1) is 5.92 Å². The van der Waals surface area contributed by atoms with Gasteiger partial charge >= 0.3 is 0 Å². The lowest BCUT2D eigenvalue weighted by Crippen LogP contribution is -2.36. The molecule has 2 aliphatic rings. The highest BCUT2D eigenvalue weighted by Crippen LogP contribution is 2.27. The summed E-state index contributed by atoms with van der Waals surface area (Å²) >= 11 is 0. The van der Waals surface area contributed by atoms with Gasteiger partial charge in [0, 0.05) is 19.3 Å². The van der Waals surface area contributed by atoms with Crippen LogP contribution in [-0.4, -0.2) is 33.8 Å². The second-order valence-corrected chi connectivity index (χ2v) is 6.68. The summed E-state index contributed by atoms with van der Waals surface area (Å²) in [6.45, 7) is 2.21. The average molecular weight is 329 g/mol. The van der Waals surface area contributed by atoms with Crippen LogP contribution < -0.4 is 0 Å². The average Bonchev–Trinajstić information content (AvgIpc) is 3.35. The van der Waals surface area contributed by atoms with Crippen molar-refractivity contribution in [1.82, 2.24) is 14.7 Å². The van der Waals surface area contributed by atoms with Gasteiger partial charge in [0.15, 0.2) is 0 Å². The first-order valence-corrected chi connectivity index (χ1v) is 8.65. The zero-order valence-corrected chi connectivity index (χ0v) is 14.0. The van der Waals surface area contributed by atoms with E-state index in [2.05, 4.69) is 5.10 Å². The van der Waals surface area contributed by atoms with Crippen molar-refractivity contribution in [3.8, 4) is 0 Å². The van der Waals surface area contributed by atoms with Crippen molar-refractivity contribution < 1.29 is 13.9 Å². The molecule has 1 amide bonds. The van der Waals surface area contributed by atoms with Crippen LogP contribution in [-0.2, 0) is 42.5 Å². The standard InChI is InChI=1S/C18H23N3O3/c1-20-17-6-2-5-15(17)16(19-20)11-21(10-14-4-3-8-24-14)18(22)13-7-9-23-12-13/h3-4,8,13H,2,5-7,9-12H2,1H3. The number of aryl methyl sites for hydroxylation is 1. The predicted molar refractivity (Wildman–Crippen MR) is 87.1 cm³/mol. The molecule has 1 saturated heterocycles. The molecule has 4 rings (SSSR count). The number of hydrogen-bond acceptors (Lipinski definition) is 4.